The number of halogens is 1. The average molecular weight is 352 g/mol. The highest BCUT2D eigenvalue weighted by molar-refractivity contribution is 7.19. The zero-order valence-corrected chi connectivity index (χ0v) is 14.3. The molecule has 1 aromatic heterocycles. The van der Waals surface area contributed by atoms with E-state index in [2.05, 4.69) is 32.7 Å². The van der Waals surface area contributed by atoms with E-state index in [1.165, 1.54) is 11.3 Å². The van der Waals surface area contributed by atoms with E-state index in [1.54, 1.807) is 12.1 Å². The molecule has 1 fully saturated rings. The second-order valence-corrected chi connectivity index (χ2v) is 6.98. The Bertz CT molecular complexity index is 684. The number of amides is 2. The number of piperidine rings is 1. The second kappa shape index (κ2) is 7.14. The average Bonchev–Trinajstić information content (AvgIpc) is 2.98. The standard InChI is InChI=1S/C15H18ClN5OS/c1-10-6-8-21(9-7-10)15-20-19-14(23-15)18-13(22)17-12-5-3-2-4-11(12)16/h2-5,10H,6-9H2,1H3,(H2,17,18,19,22). The van der Waals surface area contributed by atoms with Crippen molar-refractivity contribution in [1.29, 1.82) is 0 Å². The third-order valence-corrected chi connectivity index (χ3v) is 5.04. The number of carbonyl (C=O) groups is 1. The van der Waals surface area contributed by atoms with Gasteiger partial charge in [-0.1, -0.05) is 42.0 Å². The highest BCUT2D eigenvalue weighted by atomic mass is 35.5. The van der Waals surface area contributed by atoms with Gasteiger partial charge in [0.2, 0.25) is 10.3 Å². The van der Waals surface area contributed by atoms with Crippen LogP contribution in [0.2, 0.25) is 5.02 Å². The topological polar surface area (TPSA) is 70.2 Å². The molecule has 3 rings (SSSR count). The summed E-state index contributed by atoms with van der Waals surface area (Å²) in [5.41, 5.74) is 0.557. The molecule has 1 aliphatic heterocycles. The van der Waals surface area contributed by atoms with E-state index >= 15 is 0 Å². The smallest absolute Gasteiger partial charge is 0.325 e. The molecule has 0 spiro atoms. The number of urea groups is 1. The largest absolute Gasteiger partial charge is 0.347 e. The van der Waals surface area contributed by atoms with Crippen LogP contribution >= 0.6 is 22.9 Å². The molecule has 122 valence electrons. The molecule has 2 heterocycles. The number of carbonyl (C=O) groups excluding carboxylic acids is 1. The molecule has 2 aromatic rings. The van der Waals surface area contributed by atoms with E-state index in [9.17, 15) is 4.79 Å². The van der Waals surface area contributed by atoms with Gasteiger partial charge in [0.1, 0.15) is 0 Å². The van der Waals surface area contributed by atoms with Crippen molar-refractivity contribution in [3.63, 3.8) is 0 Å². The van der Waals surface area contributed by atoms with E-state index in [-0.39, 0.29) is 6.03 Å². The van der Waals surface area contributed by atoms with Gasteiger partial charge in [-0.15, -0.1) is 10.2 Å². The van der Waals surface area contributed by atoms with E-state index in [0.29, 0.717) is 15.8 Å². The molecule has 1 aromatic carbocycles. The summed E-state index contributed by atoms with van der Waals surface area (Å²) in [6.45, 7) is 4.24. The van der Waals surface area contributed by atoms with Gasteiger partial charge < -0.3 is 10.2 Å². The van der Waals surface area contributed by atoms with Crippen molar-refractivity contribution >= 4 is 44.9 Å². The Morgan fingerprint density at radius 3 is 2.74 bits per heavy atom. The van der Waals surface area contributed by atoms with Gasteiger partial charge in [0.25, 0.3) is 0 Å². The Kier molecular flexibility index (Phi) is 4.97. The number of aromatic nitrogens is 2. The molecule has 2 amide bonds. The molecule has 23 heavy (non-hydrogen) atoms. The molecule has 8 heteroatoms. The molecule has 0 bridgehead atoms. The van der Waals surface area contributed by atoms with Crippen LogP contribution in [0.25, 0.3) is 0 Å². The summed E-state index contributed by atoms with van der Waals surface area (Å²) in [6, 6.07) is 6.69. The van der Waals surface area contributed by atoms with Crippen molar-refractivity contribution in [3.8, 4) is 0 Å². The first-order valence-electron chi connectivity index (χ1n) is 7.53. The van der Waals surface area contributed by atoms with Gasteiger partial charge in [0.05, 0.1) is 10.7 Å². The SMILES string of the molecule is CC1CCN(c2nnc(NC(=O)Nc3ccccc3Cl)s2)CC1. The zero-order chi connectivity index (χ0) is 16.2. The maximum absolute atomic E-state index is 12.0. The van der Waals surface area contributed by atoms with Crippen LogP contribution in [0.4, 0.5) is 20.7 Å². The number of hydrogen-bond donors (Lipinski definition) is 2. The van der Waals surface area contributed by atoms with Crippen molar-refractivity contribution < 1.29 is 4.79 Å². The lowest BCUT2D eigenvalue weighted by atomic mass is 10.00. The van der Waals surface area contributed by atoms with Gasteiger partial charge in [0, 0.05) is 13.1 Å². The van der Waals surface area contributed by atoms with Crippen LogP contribution in [0.15, 0.2) is 24.3 Å². The highest BCUT2D eigenvalue weighted by Crippen LogP contribution is 2.28. The molecule has 0 unspecified atom stereocenters. The summed E-state index contributed by atoms with van der Waals surface area (Å²) in [5, 5.41) is 15.4. The van der Waals surface area contributed by atoms with E-state index in [4.69, 9.17) is 11.6 Å². The van der Waals surface area contributed by atoms with Gasteiger partial charge in [-0.05, 0) is 30.9 Å². The first kappa shape index (κ1) is 16.0. The van der Waals surface area contributed by atoms with E-state index < -0.39 is 0 Å². The molecule has 0 atom stereocenters. The monoisotopic (exact) mass is 351 g/mol. The Labute approximate surface area is 143 Å². The first-order valence-corrected chi connectivity index (χ1v) is 8.72. The van der Waals surface area contributed by atoms with E-state index in [0.717, 1.165) is 37.0 Å². The molecule has 2 N–H and O–H groups in total. The van der Waals surface area contributed by atoms with Crippen LogP contribution in [0.5, 0.6) is 0 Å². The lowest BCUT2D eigenvalue weighted by Gasteiger charge is -2.29. The molecule has 0 saturated carbocycles. The third kappa shape index (κ3) is 4.11. The number of para-hydroxylation sites is 1. The summed E-state index contributed by atoms with van der Waals surface area (Å²) in [5.74, 6) is 0.762. The number of hydrogen-bond acceptors (Lipinski definition) is 5. The van der Waals surface area contributed by atoms with Crippen LogP contribution in [0.3, 0.4) is 0 Å². The maximum Gasteiger partial charge on any atom is 0.325 e. The van der Waals surface area contributed by atoms with Crippen molar-refractivity contribution in [3.05, 3.63) is 29.3 Å². The number of benzene rings is 1. The Hall–Kier alpha value is -1.86. The Morgan fingerprint density at radius 2 is 2.00 bits per heavy atom. The third-order valence-electron chi connectivity index (χ3n) is 3.81. The second-order valence-electron chi connectivity index (χ2n) is 5.62. The molecule has 0 radical (unpaired) electrons. The number of anilines is 3. The fraction of sp³-hybridized carbons (Fsp3) is 0.400. The fourth-order valence-electron chi connectivity index (χ4n) is 2.41. The summed E-state index contributed by atoms with van der Waals surface area (Å²) in [7, 11) is 0. The van der Waals surface area contributed by atoms with Crippen LogP contribution in [0.1, 0.15) is 19.8 Å². The Balaban J connectivity index is 1.58. The summed E-state index contributed by atoms with van der Waals surface area (Å²) in [4.78, 5) is 14.2. The Morgan fingerprint density at radius 1 is 1.26 bits per heavy atom. The van der Waals surface area contributed by atoms with Crippen molar-refractivity contribution in [1.82, 2.24) is 10.2 Å². The molecule has 0 aliphatic carbocycles. The van der Waals surface area contributed by atoms with Crippen LogP contribution in [-0.2, 0) is 0 Å². The van der Waals surface area contributed by atoms with Gasteiger partial charge in [0.15, 0.2) is 0 Å². The quantitative estimate of drug-likeness (QED) is 0.874. The highest BCUT2D eigenvalue weighted by Gasteiger charge is 2.19. The van der Waals surface area contributed by atoms with Crippen LogP contribution in [0, 0.1) is 5.92 Å². The lowest BCUT2D eigenvalue weighted by molar-refractivity contribution is 0.262. The molecule has 1 aliphatic rings. The van der Waals surface area contributed by atoms with Crippen molar-refractivity contribution in [2.45, 2.75) is 19.8 Å². The molecular formula is C15H18ClN5OS. The minimum Gasteiger partial charge on any atom is -0.347 e. The fourth-order valence-corrected chi connectivity index (χ4v) is 3.38. The van der Waals surface area contributed by atoms with Gasteiger partial charge in [-0.3, -0.25) is 5.32 Å². The van der Waals surface area contributed by atoms with Crippen LogP contribution < -0.4 is 15.5 Å². The van der Waals surface area contributed by atoms with Crippen molar-refractivity contribution in [2.75, 3.05) is 28.6 Å². The minimum atomic E-state index is -0.381. The number of rotatable bonds is 3. The molecule has 6 nitrogen and oxygen atoms in total. The van der Waals surface area contributed by atoms with Gasteiger partial charge in [-0.25, -0.2) is 4.79 Å². The predicted octanol–water partition coefficient (Wildman–Crippen LogP) is 4.07. The summed E-state index contributed by atoms with van der Waals surface area (Å²) >= 11 is 7.40. The van der Waals surface area contributed by atoms with Crippen LogP contribution in [-0.4, -0.2) is 29.3 Å². The zero-order valence-electron chi connectivity index (χ0n) is 12.8. The van der Waals surface area contributed by atoms with Gasteiger partial charge in [-0.2, -0.15) is 0 Å². The van der Waals surface area contributed by atoms with Gasteiger partial charge >= 0.3 is 6.03 Å². The summed E-state index contributed by atoms with van der Waals surface area (Å²) < 4.78 is 0. The normalized spacial score (nSPS) is 15.5. The number of nitrogens with zero attached hydrogens (tertiary/aromatic N) is 3. The molecular weight excluding hydrogens is 334 g/mol. The maximum atomic E-state index is 12.0. The predicted molar refractivity (Wildman–Crippen MR) is 94.6 cm³/mol. The van der Waals surface area contributed by atoms with E-state index in [1.807, 2.05) is 12.1 Å². The lowest BCUT2D eigenvalue weighted by Crippen LogP contribution is -2.32. The summed E-state index contributed by atoms with van der Waals surface area (Å²) in [6.07, 6.45) is 2.32. The van der Waals surface area contributed by atoms with Crippen molar-refractivity contribution in [2.24, 2.45) is 5.92 Å². The number of nitrogens with one attached hydrogen (secondary N) is 2. The molecule has 1 saturated heterocycles. The first-order chi connectivity index (χ1) is 11.1. The minimum absolute atomic E-state index is 0.381.